The van der Waals surface area contributed by atoms with Crippen LogP contribution < -0.4 is 4.90 Å². The topological polar surface area (TPSA) is 3.24 Å². The first kappa shape index (κ1) is 11.1. The molecule has 0 aromatic heterocycles. The zero-order chi connectivity index (χ0) is 11.2. The van der Waals surface area contributed by atoms with Gasteiger partial charge in [-0.2, -0.15) is 12.6 Å². The van der Waals surface area contributed by atoms with E-state index < -0.39 is 0 Å². The third kappa shape index (κ3) is 2.58. The normalized spacial score (nSPS) is 10.1. The van der Waals surface area contributed by atoms with Gasteiger partial charge in [0.2, 0.25) is 0 Å². The number of rotatable bonds is 4. The fourth-order valence-electron chi connectivity index (χ4n) is 1.72. The van der Waals surface area contributed by atoms with Gasteiger partial charge in [0, 0.05) is 23.7 Å². The Labute approximate surface area is 102 Å². The molecule has 0 spiro atoms. The van der Waals surface area contributed by atoms with Crippen molar-refractivity contribution in [3.05, 3.63) is 60.7 Å². The quantitative estimate of drug-likeness (QED) is 0.781. The molecule has 2 aromatic carbocycles. The minimum atomic E-state index is 0.837. The number of thiol groups is 1. The third-order valence-electron chi connectivity index (χ3n) is 2.46. The number of hydrogen-bond donors (Lipinski definition) is 1. The number of nitrogens with zero attached hydrogens (tertiary/aromatic N) is 1. The molecule has 0 bridgehead atoms. The Bertz CT molecular complexity index is 374. The van der Waals surface area contributed by atoms with Gasteiger partial charge in [-0.05, 0) is 24.3 Å². The summed E-state index contributed by atoms with van der Waals surface area (Å²) in [6.07, 6.45) is 0. The molecule has 0 heterocycles. The standard InChI is InChI=1S/C14H15NS/c16-12-11-15(13-7-3-1-4-8-13)14-9-5-2-6-10-14/h1-10,16H,11-12H2. The Balaban J connectivity index is 2.31. The molecule has 0 amide bonds. The molecular weight excluding hydrogens is 214 g/mol. The Kier molecular flexibility index (Phi) is 3.89. The molecule has 0 unspecified atom stereocenters. The van der Waals surface area contributed by atoms with Gasteiger partial charge in [0.05, 0.1) is 0 Å². The molecule has 82 valence electrons. The first-order valence-electron chi connectivity index (χ1n) is 5.40. The van der Waals surface area contributed by atoms with Crippen LogP contribution in [0.15, 0.2) is 60.7 Å². The van der Waals surface area contributed by atoms with Crippen molar-refractivity contribution in [3.63, 3.8) is 0 Å². The lowest BCUT2D eigenvalue weighted by Crippen LogP contribution is -2.19. The van der Waals surface area contributed by atoms with E-state index in [0.717, 1.165) is 12.3 Å². The number of anilines is 2. The SMILES string of the molecule is SCCN(c1ccccc1)c1ccccc1. The van der Waals surface area contributed by atoms with E-state index >= 15 is 0 Å². The number of hydrogen-bond acceptors (Lipinski definition) is 2. The zero-order valence-corrected chi connectivity index (χ0v) is 9.98. The van der Waals surface area contributed by atoms with E-state index in [1.807, 2.05) is 12.1 Å². The summed E-state index contributed by atoms with van der Waals surface area (Å²) in [6, 6.07) is 20.8. The van der Waals surface area contributed by atoms with E-state index in [0.29, 0.717) is 0 Å². The largest absolute Gasteiger partial charge is 0.341 e. The van der Waals surface area contributed by atoms with E-state index in [4.69, 9.17) is 0 Å². The van der Waals surface area contributed by atoms with Gasteiger partial charge in [-0.25, -0.2) is 0 Å². The minimum Gasteiger partial charge on any atom is -0.341 e. The van der Waals surface area contributed by atoms with Crippen LogP contribution >= 0.6 is 12.6 Å². The van der Waals surface area contributed by atoms with Crippen molar-refractivity contribution in [3.8, 4) is 0 Å². The highest BCUT2D eigenvalue weighted by Crippen LogP contribution is 2.24. The molecule has 0 atom stereocenters. The van der Waals surface area contributed by atoms with Crippen molar-refractivity contribution in [1.29, 1.82) is 0 Å². The predicted molar refractivity (Wildman–Crippen MR) is 73.7 cm³/mol. The molecule has 0 aliphatic rings. The van der Waals surface area contributed by atoms with Gasteiger partial charge in [-0.1, -0.05) is 36.4 Å². The molecule has 0 aliphatic heterocycles. The molecule has 0 aliphatic carbocycles. The summed E-state index contributed by atoms with van der Waals surface area (Å²) in [6.45, 7) is 0.914. The van der Waals surface area contributed by atoms with Gasteiger partial charge in [0.25, 0.3) is 0 Å². The Hall–Kier alpha value is -1.41. The second-order valence-electron chi connectivity index (χ2n) is 3.55. The average molecular weight is 229 g/mol. The fourth-order valence-corrected chi connectivity index (χ4v) is 1.92. The Morgan fingerprint density at radius 1 is 0.750 bits per heavy atom. The van der Waals surface area contributed by atoms with Gasteiger partial charge in [-0.3, -0.25) is 0 Å². The van der Waals surface area contributed by atoms with Gasteiger partial charge in [0.1, 0.15) is 0 Å². The first-order chi connectivity index (χ1) is 7.92. The van der Waals surface area contributed by atoms with Gasteiger partial charge >= 0.3 is 0 Å². The van der Waals surface area contributed by atoms with Crippen molar-refractivity contribution in [2.45, 2.75) is 0 Å². The maximum absolute atomic E-state index is 4.32. The maximum atomic E-state index is 4.32. The van der Waals surface area contributed by atoms with Crippen LogP contribution in [0.2, 0.25) is 0 Å². The molecule has 0 fully saturated rings. The van der Waals surface area contributed by atoms with Crippen LogP contribution in [0.1, 0.15) is 0 Å². The van der Waals surface area contributed by atoms with E-state index in [9.17, 15) is 0 Å². The minimum absolute atomic E-state index is 0.837. The molecule has 0 saturated heterocycles. The van der Waals surface area contributed by atoms with E-state index in [1.54, 1.807) is 0 Å². The van der Waals surface area contributed by atoms with Crippen molar-refractivity contribution >= 4 is 24.0 Å². The zero-order valence-electron chi connectivity index (χ0n) is 9.08. The number of para-hydroxylation sites is 2. The van der Waals surface area contributed by atoms with Crippen LogP contribution in [-0.2, 0) is 0 Å². The van der Waals surface area contributed by atoms with Crippen LogP contribution in [0.4, 0.5) is 11.4 Å². The van der Waals surface area contributed by atoms with Crippen LogP contribution in [0, 0.1) is 0 Å². The van der Waals surface area contributed by atoms with Crippen LogP contribution in [0.3, 0.4) is 0 Å². The van der Waals surface area contributed by atoms with Crippen LogP contribution in [0.5, 0.6) is 0 Å². The summed E-state index contributed by atoms with van der Waals surface area (Å²) in [7, 11) is 0. The summed E-state index contributed by atoms with van der Waals surface area (Å²) in [5, 5.41) is 0. The van der Waals surface area contributed by atoms with E-state index in [1.165, 1.54) is 11.4 Å². The molecule has 1 nitrogen and oxygen atoms in total. The predicted octanol–water partition coefficient (Wildman–Crippen LogP) is 3.75. The highest BCUT2D eigenvalue weighted by atomic mass is 32.1. The number of benzene rings is 2. The molecule has 0 saturated carbocycles. The summed E-state index contributed by atoms with van der Waals surface area (Å²) >= 11 is 4.32. The molecule has 16 heavy (non-hydrogen) atoms. The summed E-state index contributed by atoms with van der Waals surface area (Å²) in [4.78, 5) is 2.27. The lowest BCUT2D eigenvalue weighted by Gasteiger charge is -2.24. The highest BCUT2D eigenvalue weighted by molar-refractivity contribution is 7.80. The molecular formula is C14H15NS. The van der Waals surface area contributed by atoms with Gasteiger partial charge < -0.3 is 4.90 Å². The second kappa shape index (κ2) is 5.61. The summed E-state index contributed by atoms with van der Waals surface area (Å²) in [5.41, 5.74) is 2.42. The van der Waals surface area contributed by atoms with Crippen LogP contribution in [0.25, 0.3) is 0 Å². The lowest BCUT2D eigenvalue weighted by molar-refractivity contribution is 1.04. The van der Waals surface area contributed by atoms with Crippen molar-refractivity contribution in [2.75, 3.05) is 17.2 Å². The van der Waals surface area contributed by atoms with Crippen molar-refractivity contribution in [1.82, 2.24) is 0 Å². The fraction of sp³-hybridized carbons (Fsp3) is 0.143. The lowest BCUT2D eigenvalue weighted by atomic mass is 10.2. The molecule has 2 aromatic rings. The van der Waals surface area contributed by atoms with Crippen LogP contribution in [-0.4, -0.2) is 12.3 Å². The smallest absolute Gasteiger partial charge is 0.0410 e. The monoisotopic (exact) mass is 229 g/mol. The molecule has 0 radical (unpaired) electrons. The highest BCUT2D eigenvalue weighted by Gasteiger charge is 2.06. The molecule has 0 N–H and O–H groups in total. The van der Waals surface area contributed by atoms with Crippen molar-refractivity contribution in [2.24, 2.45) is 0 Å². The average Bonchev–Trinajstić information content (AvgIpc) is 2.38. The third-order valence-corrected chi connectivity index (χ3v) is 2.66. The summed E-state index contributed by atoms with van der Waals surface area (Å²) < 4.78 is 0. The van der Waals surface area contributed by atoms with Gasteiger partial charge in [0.15, 0.2) is 0 Å². The van der Waals surface area contributed by atoms with Gasteiger partial charge in [-0.15, -0.1) is 0 Å². The Morgan fingerprint density at radius 3 is 1.56 bits per heavy atom. The van der Waals surface area contributed by atoms with E-state index in [-0.39, 0.29) is 0 Å². The molecule has 2 heteroatoms. The second-order valence-corrected chi connectivity index (χ2v) is 3.99. The Morgan fingerprint density at radius 2 is 1.19 bits per heavy atom. The summed E-state index contributed by atoms with van der Waals surface area (Å²) in [5.74, 6) is 0.837. The van der Waals surface area contributed by atoms with E-state index in [2.05, 4.69) is 66.1 Å². The maximum Gasteiger partial charge on any atom is 0.0410 e. The van der Waals surface area contributed by atoms with Crippen molar-refractivity contribution < 1.29 is 0 Å². The first-order valence-corrected chi connectivity index (χ1v) is 6.03. The molecule has 2 rings (SSSR count).